The van der Waals surface area contributed by atoms with Gasteiger partial charge in [0.1, 0.15) is 0 Å². The highest BCUT2D eigenvalue weighted by molar-refractivity contribution is 6.16. The largest absolute Gasteiger partial charge is 0.303 e. The zero-order valence-electron chi connectivity index (χ0n) is 14.8. The fraction of sp³-hybridized carbons (Fsp3) is 0.375. The Morgan fingerprint density at radius 3 is 2.46 bits per heavy atom. The van der Waals surface area contributed by atoms with Crippen LogP contribution in [0.15, 0.2) is 54.1 Å². The summed E-state index contributed by atoms with van der Waals surface area (Å²) in [5.74, 6) is 0.173. The molecule has 0 amide bonds. The van der Waals surface area contributed by atoms with Gasteiger partial charge in [0, 0.05) is 17.2 Å². The number of benzene rings is 2. The van der Waals surface area contributed by atoms with E-state index in [9.17, 15) is 4.79 Å². The van der Waals surface area contributed by atoms with Gasteiger partial charge in [-0.1, -0.05) is 80.8 Å². The van der Waals surface area contributed by atoms with E-state index in [4.69, 9.17) is 0 Å². The van der Waals surface area contributed by atoms with Gasteiger partial charge in [-0.15, -0.1) is 0 Å². The van der Waals surface area contributed by atoms with Gasteiger partial charge in [-0.3, -0.25) is 4.79 Å². The van der Waals surface area contributed by atoms with Crippen molar-refractivity contribution >= 4 is 11.9 Å². The first-order chi connectivity index (χ1) is 12.2. The van der Waals surface area contributed by atoms with Crippen molar-refractivity contribution in [1.29, 1.82) is 0 Å². The minimum atomic E-state index is 0. The van der Waals surface area contributed by atoms with Crippen molar-refractivity contribution in [2.24, 2.45) is 0 Å². The van der Waals surface area contributed by atoms with Crippen LogP contribution in [-0.4, -0.2) is 11.8 Å². The molecule has 0 radical (unpaired) electrons. The van der Waals surface area contributed by atoms with Gasteiger partial charge < -0.3 is 5.32 Å². The molecule has 0 saturated heterocycles. The molecule has 2 aromatic carbocycles. The third-order valence-corrected chi connectivity index (χ3v) is 5.47. The van der Waals surface area contributed by atoms with Crippen molar-refractivity contribution in [2.45, 2.75) is 58.5 Å². The molecule has 136 valence electrons. The number of Topliss-reactive ketones (excluding diaryl/α,β-unsaturated/α-hetero) is 1. The maximum Gasteiger partial charge on any atom is 0.191 e. The fourth-order valence-corrected chi connectivity index (χ4v) is 4.14. The first-order valence-corrected chi connectivity index (χ1v) is 9.40. The quantitative estimate of drug-likeness (QED) is 0.703. The van der Waals surface area contributed by atoms with Gasteiger partial charge in [-0.25, -0.2) is 0 Å². The first-order valence-electron chi connectivity index (χ1n) is 9.40. The molecule has 2 aromatic rings. The Morgan fingerprint density at radius 2 is 1.73 bits per heavy atom. The van der Waals surface area contributed by atoms with Crippen LogP contribution >= 0.6 is 0 Å². The molecule has 1 unspecified atom stereocenters. The van der Waals surface area contributed by atoms with Gasteiger partial charge in [0.05, 0.1) is 6.04 Å². The second kappa shape index (κ2) is 8.01. The molecule has 26 heavy (non-hydrogen) atoms. The summed E-state index contributed by atoms with van der Waals surface area (Å²) in [5, 5.41) is 3.81. The smallest absolute Gasteiger partial charge is 0.191 e. The number of carbonyl (C=O) groups excluding carboxylic acids is 1. The van der Waals surface area contributed by atoms with Gasteiger partial charge in [0.15, 0.2) is 5.78 Å². The Kier molecular flexibility index (Phi) is 5.73. The predicted molar refractivity (Wildman–Crippen MR) is 109 cm³/mol. The lowest BCUT2D eigenvalue weighted by molar-refractivity contribution is 0.103. The highest BCUT2D eigenvalue weighted by atomic mass is 16.1. The van der Waals surface area contributed by atoms with Crippen molar-refractivity contribution in [3.63, 3.8) is 0 Å². The van der Waals surface area contributed by atoms with Crippen LogP contribution in [0.2, 0.25) is 0 Å². The van der Waals surface area contributed by atoms with Gasteiger partial charge >= 0.3 is 0 Å². The minimum absolute atomic E-state index is 0. The zero-order chi connectivity index (χ0) is 17.2. The molecular weight excluding hydrogens is 318 g/mol. The lowest BCUT2D eigenvalue weighted by Crippen LogP contribution is -2.34. The van der Waals surface area contributed by atoms with E-state index in [-0.39, 0.29) is 19.3 Å². The first kappa shape index (κ1) is 18.6. The third kappa shape index (κ3) is 3.66. The summed E-state index contributed by atoms with van der Waals surface area (Å²) in [4.78, 5) is 13.1. The molecule has 0 aliphatic heterocycles. The monoisotopic (exact) mass is 347 g/mol. The molecule has 2 aliphatic rings. The topological polar surface area (TPSA) is 29.1 Å². The van der Waals surface area contributed by atoms with Crippen LogP contribution in [-0.2, 0) is 0 Å². The summed E-state index contributed by atoms with van der Waals surface area (Å²) in [7, 11) is 0. The Hall–Kier alpha value is -2.19. The number of carbonyl (C=O) groups is 1. The van der Waals surface area contributed by atoms with Gasteiger partial charge in [-0.2, -0.15) is 0 Å². The van der Waals surface area contributed by atoms with Gasteiger partial charge in [-0.05, 0) is 37.0 Å². The number of fused-ring (bicyclic) bond motifs is 1. The van der Waals surface area contributed by atoms with E-state index in [1.165, 1.54) is 37.7 Å². The van der Waals surface area contributed by atoms with E-state index in [1.807, 2.05) is 30.3 Å². The summed E-state index contributed by atoms with van der Waals surface area (Å²) < 4.78 is 0. The second-order valence-electron chi connectivity index (χ2n) is 7.36. The Bertz CT molecular complexity index is 800. The third-order valence-electron chi connectivity index (χ3n) is 5.47. The van der Waals surface area contributed by atoms with E-state index >= 15 is 0 Å². The van der Waals surface area contributed by atoms with E-state index in [2.05, 4.69) is 36.5 Å². The van der Waals surface area contributed by atoms with Crippen molar-refractivity contribution in [3.05, 3.63) is 76.4 Å². The summed E-state index contributed by atoms with van der Waals surface area (Å²) >= 11 is 0. The molecule has 1 N–H and O–H groups in total. The zero-order valence-corrected chi connectivity index (χ0v) is 14.8. The molecule has 2 heteroatoms. The number of nitrogens with one attached hydrogen (secondary N) is 1. The molecule has 0 heterocycles. The molecule has 1 atom stereocenters. The maximum atomic E-state index is 13.1. The highest BCUT2D eigenvalue weighted by Gasteiger charge is 2.35. The molecule has 2 nitrogen and oxygen atoms in total. The molecule has 0 aromatic heterocycles. The van der Waals surface area contributed by atoms with E-state index in [0.717, 1.165) is 22.3 Å². The van der Waals surface area contributed by atoms with Crippen LogP contribution in [0.1, 0.15) is 72.6 Å². The molecule has 4 rings (SSSR count). The Morgan fingerprint density at radius 1 is 1.00 bits per heavy atom. The summed E-state index contributed by atoms with van der Waals surface area (Å²) in [6.07, 6.45) is 8.41. The summed E-state index contributed by atoms with van der Waals surface area (Å²) in [5.41, 5.74) is 5.20. The minimum Gasteiger partial charge on any atom is -0.303 e. The molecule has 0 bridgehead atoms. The summed E-state index contributed by atoms with van der Waals surface area (Å²) in [6, 6.07) is 16.9. The summed E-state index contributed by atoms with van der Waals surface area (Å²) in [6.45, 7) is 2.10. The SMILES string of the molecule is C.Cc1ccc2c(c1)C(NC1CCCCC1)/C(=C\c1ccccc1)C2=O. The number of rotatable bonds is 3. The van der Waals surface area contributed by atoms with Crippen LogP contribution in [0.5, 0.6) is 0 Å². The average Bonchev–Trinajstić information content (AvgIpc) is 2.89. The number of aryl methyl sites for hydroxylation is 1. The maximum absolute atomic E-state index is 13.1. The van der Waals surface area contributed by atoms with Crippen LogP contribution in [0.25, 0.3) is 6.08 Å². The molecule has 0 spiro atoms. The van der Waals surface area contributed by atoms with Crippen LogP contribution in [0, 0.1) is 6.92 Å². The Labute approximate surface area is 157 Å². The molecule has 1 saturated carbocycles. The van der Waals surface area contributed by atoms with Crippen LogP contribution < -0.4 is 5.32 Å². The number of hydrogen-bond acceptors (Lipinski definition) is 2. The average molecular weight is 348 g/mol. The fourth-order valence-electron chi connectivity index (χ4n) is 4.14. The van der Waals surface area contributed by atoms with Crippen LogP contribution in [0.3, 0.4) is 0 Å². The standard InChI is InChI=1S/C23H25NO.CH4/c1-16-12-13-19-20(14-16)22(24-18-10-6-3-7-11-18)21(23(19)25)15-17-8-4-2-5-9-17;/h2,4-5,8-9,12-15,18,22,24H,3,6-7,10-11H2,1H3;1H4/b21-15+;. The van der Waals surface area contributed by atoms with Crippen LogP contribution in [0.4, 0.5) is 0 Å². The normalized spacial score (nSPS) is 21.5. The lowest BCUT2D eigenvalue weighted by Gasteiger charge is -2.27. The van der Waals surface area contributed by atoms with E-state index in [1.54, 1.807) is 0 Å². The van der Waals surface area contributed by atoms with E-state index in [0.29, 0.717) is 6.04 Å². The van der Waals surface area contributed by atoms with Gasteiger partial charge in [0.2, 0.25) is 0 Å². The van der Waals surface area contributed by atoms with Crippen molar-refractivity contribution in [3.8, 4) is 0 Å². The van der Waals surface area contributed by atoms with Crippen molar-refractivity contribution in [2.75, 3.05) is 0 Å². The predicted octanol–water partition coefficient (Wildman–Crippen LogP) is 5.87. The molecular formula is C24H29NO. The van der Waals surface area contributed by atoms with Crippen molar-refractivity contribution in [1.82, 2.24) is 5.32 Å². The second-order valence-corrected chi connectivity index (χ2v) is 7.36. The number of ketones is 1. The van der Waals surface area contributed by atoms with E-state index < -0.39 is 0 Å². The molecule has 2 aliphatic carbocycles. The van der Waals surface area contributed by atoms with Gasteiger partial charge in [0.25, 0.3) is 0 Å². The number of hydrogen-bond donors (Lipinski definition) is 1. The van der Waals surface area contributed by atoms with Crippen molar-refractivity contribution < 1.29 is 4.79 Å². The molecule has 1 fully saturated rings. The lowest BCUT2D eigenvalue weighted by atomic mass is 9.93. The highest BCUT2D eigenvalue weighted by Crippen LogP contribution is 2.38. The Balaban J connectivity index is 0.00000196.